The van der Waals surface area contributed by atoms with Crippen molar-refractivity contribution in [2.24, 2.45) is 0 Å². The average Bonchev–Trinajstić information content (AvgIpc) is 3.15. The molecule has 3 N–H and O–H groups in total. The number of methoxy groups -OCH3 is 1. The van der Waals surface area contributed by atoms with Gasteiger partial charge in [-0.2, -0.15) is 18.2 Å². The number of ether oxygens (including phenoxy) is 1. The molecule has 13 heteroatoms. The minimum Gasteiger partial charge on any atom is -0.479 e. The van der Waals surface area contributed by atoms with E-state index < -0.39 is 23.9 Å². The van der Waals surface area contributed by atoms with Crippen molar-refractivity contribution >= 4 is 32.8 Å². The third kappa shape index (κ3) is 4.07. The van der Waals surface area contributed by atoms with E-state index in [9.17, 15) is 23.1 Å². The zero-order valence-corrected chi connectivity index (χ0v) is 17.1. The second kappa shape index (κ2) is 8.05. The molecule has 31 heavy (non-hydrogen) atoms. The zero-order chi connectivity index (χ0) is 22.2. The summed E-state index contributed by atoms with van der Waals surface area (Å²) in [5.74, 6) is 0.181. The molecule has 2 amide bonds. The Morgan fingerprint density at radius 2 is 2.13 bits per heavy atom. The fourth-order valence-electron chi connectivity index (χ4n) is 3.62. The first-order chi connectivity index (χ1) is 14.7. The number of thiazole rings is 1. The number of piperidine rings is 1. The first kappa shape index (κ1) is 21.5. The summed E-state index contributed by atoms with van der Waals surface area (Å²) in [5, 5.41) is 16.6. The molecule has 166 valence electrons. The van der Waals surface area contributed by atoms with Gasteiger partial charge in [-0.25, -0.2) is 14.8 Å². The lowest BCUT2D eigenvalue weighted by Gasteiger charge is -2.43. The van der Waals surface area contributed by atoms with Crippen LogP contribution in [0.4, 0.5) is 23.1 Å². The molecule has 1 fully saturated rings. The molecular weight excluding hydrogens is 437 g/mol. The van der Waals surface area contributed by atoms with Crippen LogP contribution in [-0.4, -0.2) is 69.0 Å². The number of allylic oxidation sites excluding steroid dienone is 2. The quantitative estimate of drug-likeness (QED) is 0.650. The third-order valence-electron chi connectivity index (χ3n) is 5.12. The maximum atomic E-state index is 13.8. The Balaban J connectivity index is 1.68. The standard InChI is InChI=1S/C18H19F3N6O3S/c1-30-13-12-14(24-9-23-13)31-15(25-12)26-16(28)27-10(17(29)5-7-22-8-6-17)3-2-4-11(27)18(19,20)21/h2-4,9,11,22,29H,5-8H2,1H3,(H,25,26,28). The molecule has 1 atom stereocenters. The number of hydrogen-bond acceptors (Lipinski definition) is 8. The van der Waals surface area contributed by atoms with Crippen LogP contribution in [0.3, 0.4) is 0 Å². The lowest BCUT2D eigenvalue weighted by molar-refractivity contribution is -0.162. The minimum absolute atomic E-state index is 0.0333. The first-order valence-electron chi connectivity index (χ1n) is 9.37. The Kier molecular flexibility index (Phi) is 5.58. The van der Waals surface area contributed by atoms with Crippen molar-refractivity contribution in [1.29, 1.82) is 0 Å². The summed E-state index contributed by atoms with van der Waals surface area (Å²) < 4.78 is 46.4. The number of carbonyl (C=O) groups is 1. The van der Waals surface area contributed by atoms with E-state index in [0.717, 1.165) is 17.4 Å². The number of aliphatic hydroxyl groups is 1. The minimum atomic E-state index is -4.74. The van der Waals surface area contributed by atoms with Gasteiger partial charge >= 0.3 is 12.2 Å². The van der Waals surface area contributed by atoms with Gasteiger partial charge in [0.25, 0.3) is 0 Å². The maximum absolute atomic E-state index is 13.8. The van der Waals surface area contributed by atoms with Crippen LogP contribution in [0.5, 0.6) is 5.88 Å². The van der Waals surface area contributed by atoms with Crippen molar-refractivity contribution in [3.8, 4) is 5.88 Å². The second-order valence-electron chi connectivity index (χ2n) is 7.06. The largest absolute Gasteiger partial charge is 0.479 e. The monoisotopic (exact) mass is 456 g/mol. The van der Waals surface area contributed by atoms with Crippen molar-refractivity contribution in [1.82, 2.24) is 25.2 Å². The van der Waals surface area contributed by atoms with Gasteiger partial charge in [0.1, 0.15) is 11.9 Å². The van der Waals surface area contributed by atoms with E-state index in [1.807, 2.05) is 0 Å². The topological polar surface area (TPSA) is 113 Å². The second-order valence-corrected chi connectivity index (χ2v) is 8.04. The molecule has 0 aliphatic carbocycles. The Morgan fingerprint density at radius 3 is 2.81 bits per heavy atom. The molecule has 2 aromatic rings. The highest BCUT2D eigenvalue weighted by Gasteiger charge is 2.50. The van der Waals surface area contributed by atoms with Gasteiger partial charge in [-0.1, -0.05) is 23.5 Å². The highest BCUT2D eigenvalue weighted by Crippen LogP contribution is 2.39. The van der Waals surface area contributed by atoms with Crippen LogP contribution in [0.1, 0.15) is 12.8 Å². The number of anilines is 1. The number of alkyl halides is 3. The number of urea groups is 1. The summed E-state index contributed by atoms with van der Waals surface area (Å²) in [6.45, 7) is 0.833. The smallest absolute Gasteiger partial charge is 0.412 e. The molecule has 4 heterocycles. The van der Waals surface area contributed by atoms with E-state index in [2.05, 4.69) is 25.6 Å². The molecule has 2 aliphatic rings. The van der Waals surface area contributed by atoms with Gasteiger partial charge in [-0.3, -0.25) is 10.2 Å². The van der Waals surface area contributed by atoms with Crippen molar-refractivity contribution in [3.63, 3.8) is 0 Å². The van der Waals surface area contributed by atoms with E-state index >= 15 is 0 Å². The molecule has 0 spiro atoms. The van der Waals surface area contributed by atoms with Crippen molar-refractivity contribution in [2.75, 3.05) is 25.5 Å². The maximum Gasteiger partial charge on any atom is 0.412 e. The summed E-state index contributed by atoms with van der Waals surface area (Å²) in [6.07, 6.45) is 0.312. The van der Waals surface area contributed by atoms with E-state index in [4.69, 9.17) is 4.74 Å². The van der Waals surface area contributed by atoms with Crippen molar-refractivity contribution in [2.45, 2.75) is 30.7 Å². The van der Waals surface area contributed by atoms with Gasteiger partial charge in [0.2, 0.25) is 5.88 Å². The zero-order valence-electron chi connectivity index (χ0n) is 16.3. The van der Waals surface area contributed by atoms with Gasteiger partial charge in [-0.05, 0) is 32.0 Å². The Hall–Kier alpha value is -2.77. The van der Waals surface area contributed by atoms with Crippen LogP contribution in [0.25, 0.3) is 10.3 Å². The van der Waals surface area contributed by atoms with Crippen molar-refractivity contribution < 1.29 is 27.8 Å². The highest BCUT2D eigenvalue weighted by atomic mass is 32.1. The number of fused-ring (bicyclic) bond motifs is 1. The molecule has 2 aliphatic heterocycles. The number of rotatable bonds is 3. The number of aromatic nitrogens is 3. The average molecular weight is 456 g/mol. The highest BCUT2D eigenvalue weighted by molar-refractivity contribution is 7.22. The molecule has 1 saturated heterocycles. The van der Waals surface area contributed by atoms with Gasteiger partial charge < -0.3 is 15.2 Å². The fourth-order valence-corrected chi connectivity index (χ4v) is 4.41. The van der Waals surface area contributed by atoms with E-state index in [0.29, 0.717) is 22.8 Å². The van der Waals surface area contributed by atoms with E-state index in [-0.39, 0.29) is 35.1 Å². The summed E-state index contributed by atoms with van der Waals surface area (Å²) in [5.41, 5.74) is -1.39. The lowest BCUT2D eigenvalue weighted by atomic mass is 9.86. The predicted molar refractivity (Wildman–Crippen MR) is 107 cm³/mol. The van der Waals surface area contributed by atoms with Gasteiger partial charge in [-0.15, -0.1) is 0 Å². The normalized spacial score (nSPS) is 21.1. The predicted octanol–water partition coefficient (Wildman–Crippen LogP) is 2.43. The molecule has 0 saturated carbocycles. The third-order valence-corrected chi connectivity index (χ3v) is 5.99. The summed E-state index contributed by atoms with van der Waals surface area (Å²) >= 11 is 0.972. The van der Waals surface area contributed by atoms with Crippen LogP contribution in [-0.2, 0) is 0 Å². The molecule has 0 radical (unpaired) electrons. The Labute approximate surface area is 178 Å². The van der Waals surface area contributed by atoms with Crippen LogP contribution in [0.15, 0.2) is 30.3 Å². The number of halogens is 3. The molecule has 0 bridgehead atoms. The van der Waals surface area contributed by atoms with Crippen LogP contribution < -0.4 is 15.4 Å². The number of hydrogen-bond donors (Lipinski definition) is 3. The molecule has 0 aromatic carbocycles. The molecule has 9 nitrogen and oxygen atoms in total. The number of carbonyl (C=O) groups excluding carboxylic acids is 1. The first-order valence-corrected chi connectivity index (χ1v) is 10.2. The lowest BCUT2D eigenvalue weighted by Crippen LogP contribution is -2.56. The molecule has 4 rings (SSSR count). The Bertz CT molecular complexity index is 1050. The molecule has 1 unspecified atom stereocenters. The van der Waals surface area contributed by atoms with E-state index in [1.54, 1.807) is 0 Å². The molecule has 2 aromatic heterocycles. The van der Waals surface area contributed by atoms with E-state index in [1.165, 1.54) is 25.6 Å². The van der Waals surface area contributed by atoms with Crippen LogP contribution in [0, 0.1) is 0 Å². The number of nitrogens with zero attached hydrogens (tertiary/aromatic N) is 4. The SMILES string of the molecule is COc1ncnc2sc(NC(=O)N3C(C4(O)CCNCC4)=CC=CC3C(F)(F)F)nc12. The Morgan fingerprint density at radius 1 is 1.39 bits per heavy atom. The van der Waals surface area contributed by atoms with Gasteiger partial charge in [0.15, 0.2) is 21.5 Å². The molecular formula is C18H19F3N6O3S. The van der Waals surface area contributed by atoms with Crippen LogP contribution >= 0.6 is 11.3 Å². The summed E-state index contributed by atoms with van der Waals surface area (Å²) in [4.78, 5) is 26.2. The van der Waals surface area contributed by atoms with Crippen molar-refractivity contribution in [3.05, 3.63) is 30.3 Å². The summed E-state index contributed by atoms with van der Waals surface area (Å²) in [6, 6.07) is -3.29. The van der Waals surface area contributed by atoms with Crippen LogP contribution in [0.2, 0.25) is 0 Å². The fraction of sp³-hybridized carbons (Fsp3) is 0.444. The number of amides is 2. The van der Waals surface area contributed by atoms with Gasteiger partial charge in [0, 0.05) is 0 Å². The summed E-state index contributed by atoms with van der Waals surface area (Å²) in [7, 11) is 1.39. The van der Waals surface area contributed by atoms with Gasteiger partial charge in [0.05, 0.1) is 12.8 Å². The number of nitrogens with one attached hydrogen (secondary N) is 2.